The highest BCUT2D eigenvalue weighted by molar-refractivity contribution is 5.81. The molecule has 4 heterocycles. The van der Waals surface area contributed by atoms with Gasteiger partial charge in [0.15, 0.2) is 0 Å². The number of pyridine rings is 2. The van der Waals surface area contributed by atoms with Gasteiger partial charge in [-0.05, 0) is 23.8 Å². The number of H-pyrrole nitrogens is 1. The van der Waals surface area contributed by atoms with Gasteiger partial charge in [-0.15, -0.1) is 0 Å². The van der Waals surface area contributed by atoms with Crippen molar-refractivity contribution < 1.29 is 0 Å². The number of aromatic amines is 1. The average Bonchev–Trinajstić information content (AvgIpc) is 3.23. The van der Waals surface area contributed by atoms with Crippen LogP contribution in [0, 0.1) is 0 Å². The van der Waals surface area contributed by atoms with Gasteiger partial charge in [0.25, 0.3) is 0 Å². The van der Waals surface area contributed by atoms with Crippen LogP contribution in [-0.2, 0) is 0 Å². The van der Waals surface area contributed by atoms with Gasteiger partial charge in [0, 0.05) is 50.3 Å². The third-order valence-electron chi connectivity index (χ3n) is 4.58. The Hall–Kier alpha value is -3.45. The van der Waals surface area contributed by atoms with Gasteiger partial charge in [0.05, 0.1) is 17.6 Å². The maximum atomic E-state index is 4.58. The summed E-state index contributed by atoms with van der Waals surface area (Å²) in [5.41, 5.74) is 4.34. The highest BCUT2D eigenvalue weighted by atomic mass is 15.2. The Balaban J connectivity index is 1.43. The standard InChI is InChI=1S/C21H23N7/c1-16(21-18(14-25-27-21)5-4-17-3-2-8-23-13-17)26-19-6-7-20(24-15-19)28-11-9-22-10-12-28/h2-8,13-15,22,26H,1,9-12H2,(H,25,27)/b5-4+. The minimum atomic E-state index is 0.712. The molecule has 0 spiro atoms. The van der Waals surface area contributed by atoms with Crippen molar-refractivity contribution in [3.63, 3.8) is 0 Å². The third-order valence-corrected chi connectivity index (χ3v) is 4.58. The summed E-state index contributed by atoms with van der Waals surface area (Å²) in [5, 5.41) is 13.9. The Morgan fingerprint density at radius 3 is 2.79 bits per heavy atom. The fourth-order valence-electron chi connectivity index (χ4n) is 3.10. The van der Waals surface area contributed by atoms with Crippen molar-refractivity contribution in [3.05, 3.63) is 72.5 Å². The number of rotatable bonds is 6. The fourth-order valence-corrected chi connectivity index (χ4v) is 3.10. The van der Waals surface area contributed by atoms with E-state index in [4.69, 9.17) is 0 Å². The molecule has 142 valence electrons. The van der Waals surface area contributed by atoms with Crippen LogP contribution in [0.15, 0.2) is 55.6 Å². The highest BCUT2D eigenvalue weighted by Gasteiger charge is 2.12. The molecule has 7 heteroatoms. The molecular formula is C21H23N7. The van der Waals surface area contributed by atoms with E-state index in [1.165, 1.54) is 0 Å². The fraction of sp³-hybridized carbons (Fsp3) is 0.190. The van der Waals surface area contributed by atoms with Crippen LogP contribution in [0.5, 0.6) is 0 Å². The van der Waals surface area contributed by atoms with Gasteiger partial charge < -0.3 is 15.5 Å². The smallest absolute Gasteiger partial charge is 0.128 e. The number of piperazine rings is 1. The molecule has 0 aromatic carbocycles. The Labute approximate surface area is 164 Å². The van der Waals surface area contributed by atoms with E-state index in [0.29, 0.717) is 5.70 Å². The molecule has 0 amide bonds. The number of nitrogens with zero attached hydrogens (tertiary/aromatic N) is 4. The summed E-state index contributed by atoms with van der Waals surface area (Å²) in [6, 6.07) is 7.97. The maximum absolute atomic E-state index is 4.58. The largest absolute Gasteiger partial charge is 0.354 e. The van der Waals surface area contributed by atoms with Crippen molar-refractivity contribution in [3.8, 4) is 0 Å². The minimum absolute atomic E-state index is 0.712. The molecule has 0 saturated carbocycles. The van der Waals surface area contributed by atoms with Crippen molar-refractivity contribution in [2.75, 3.05) is 36.4 Å². The first-order valence-electron chi connectivity index (χ1n) is 9.29. The lowest BCUT2D eigenvalue weighted by Crippen LogP contribution is -2.43. The first kappa shape index (κ1) is 17.9. The molecule has 1 aliphatic heterocycles. The molecule has 3 aromatic rings. The maximum Gasteiger partial charge on any atom is 0.128 e. The topological polar surface area (TPSA) is 81.8 Å². The molecule has 0 atom stereocenters. The number of hydrogen-bond acceptors (Lipinski definition) is 6. The van der Waals surface area contributed by atoms with Crippen LogP contribution in [0.1, 0.15) is 16.8 Å². The highest BCUT2D eigenvalue weighted by Crippen LogP contribution is 2.21. The van der Waals surface area contributed by atoms with Crippen molar-refractivity contribution in [1.29, 1.82) is 0 Å². The molecule has 0 aliphatic carbocycles. The molecule has 1 saturated heterocycles. The first-order chi connectivity index (χ1) is 13.8. The van der Waals surface area contributed by atoms with E-state index in [-0.39, 0.29) is 0 Å². The summed E-state index contributed by atoms with van der Waals surface area (Å²) < 4.78 is 0. The van der Waals surface area contributed by atoms with E-state index in [2.05, 4.69) is 42.3 Å². The molecule has 1 fully saturated rings. The number of anilines is 2. The average molecular weight is 373 g/mol. The molecule has 28 heavy (non-hydrogen) atoms. The second-order valence-electron chi connectivity index (χ2n) is 6.55. The van der Waals surface area contributed by atoms with Crippen LogP contribution in [0.4, 0.5) is 11.5 Å². The molecule has 0 unspecified atom stereocenters. The molecule has 0 bridgehead atoms. The van der Waals surface area contributed by atoms with Gasteiger partial charge in [-0.2, -0.15) is 5.10 Å². The zero-order valence-electron chi connectivity index (χ0n) is 15.6. The van der Waals surface area contributed by atoms with Crippen LogP contribution >= 0.6 is 0 Å². The van der Waals surface area contributed by atoms with Crippen molar-refractivity contribution in [2.45, 2.75) is 0 Å². The predicted molar refractivity (Wildman–Crippen MR) is 114 cm³/mol. The molecule has 4 rings (SSSR count). The normalized spacial score (nSPS) is 14.4. The lowest BCUT2D eigenvalue weighted by Gasteiger charge is -2.28. The zero-order valence-corrected chi connectivity index (χ0v) is 15.6. The van der Waals surface area contributed by atoms with Gasteiger partial charge in [0.1, 0.15) is 11.5 Å². The SMILES string of the molecule is C=C(Nc1ccc(N2CCNCC2)nc1)c1n[nH]cc1/C=C/c1cccnc1. The molecular weight excluding hydrogens is 350 g/mol. The van der Waals surface area contributed by atoms with Gasteiger partial charge in [0.2, 0.25) is 0 Å². The number of aromatic nitrogens is 4. The molecule has 0 radical (unpaired) electrons. The van der Waals surface area contributed by atoms with E-state index in [0.717, 1.165) is 54.5 Å². The Morgan fingerprint density at radius 1 is 1.14 bits per heavy atom. The van der Waals surface area contributed by atoms with Crippen LogP contribution < -0.4 is 15.5 Å². The van der Waals surface area contributed by atoms with Gasteiger partial charge in [-0.3, -0.25) is 10.1 Å². The van der Waals surface area contributed by atoms with Crippen molar-refractivity contribution in [2.24, 2.45) is 0 Å². The van der Waals surface area contributed by atoms with E-state index in [1.54, 1.807) is 6.20 Å². The monoisotopic (exact) mass is 373 g/mol. The van der Waals surface area contributed by atoms with E-state index >= 15 is 0 Å². The third kappa shape index (κ3) is 4.27. The van der Waals surface area contributed by atoms with Crippen LogP contribution in [-0.4, -0.2) is 46.3 Å². The Kier molecular flexibility index (Phi) is 5.44. The second kappa shape index (κ2) is 8.49. The molecule has 3 N–H and O–H groups in total. The van der Waals surface area contributed by atoms with E-state index in [9.17, 15) is 0 Å². The predicted octanol–water partition coefficient (Wildman–Crippen LogP) is 2.86. The molecule has 3 aromatic heterocycles. The summed E-state index contributed by atoms with van der Waals surface area (Å²) in [7, 11) is 0. The first-order valence-corrected chi connectivity index (χ1v) is 9.29. The number of hydrogen-bond donors (Lipinski definition) is 3. The van der Waals surface area contributed by atoms with Crippen LogP contribution in [0.25, 0.3) is 17.8 Å². The van der Waals surface area contributed by atoms with Gasteiger partial charge >= 0.3 is 0 Å². The Morgan fingerprint density at radius 2 is 2.04 bits per heavy atom. The summed E-state index contributed by atoms with van der Waals surface area (Å²) in [6.07, 6.45) is 11.2. The zero-order chi connectivity index (χ0) is 19.2. The van der Waals surface area contributed by atoms with Gasteiger partial charge in [-0.1, -0.05) is 24.8 Å². The van der Waals surface area contributed by atoms with Crippen molar-refractivity contribution in [1.82, 2.24) is 25.5 Å². The van der Waals surface area contributed by atoms with E-state index in [1.807, 2.05) is 55.0 Å². The van der Waals surface area contributed by atoms with Gasteiger partial charge in [-0.25, -0.2) is 4.98 Å². The lowest BCUT2D eigenvalue weighted by molar-refractivity contribution is 0.585. The molecule has 1 aliphatic rings. The van der Waals surface area contributed by atoms with Crippen LogP contribution in [0.3, 0.4) is 0 Å². The molecule has 7 nitrogen and oxygen atoms in total. The Bertz CT molecular complexity index is 938. The summed E-state index contributed by atoms with van der Waals surface area (Å²) in [5.74, 6) is 0.998. The second-order valence-corrected chi connectivity index (χ2v) is 6.55. The van der Waals surface area contributed by atoms with Crippen LogP contribution in [0.2, 0.25) is 0 Å². The van der Waals surface area contributed by atoms with Crippen molar-refractivity contribution >= 4 is 29.4 Å². The van der Waals surface area contributed by atoms with E-state index < -0.39 is 0 Å². The quantitative estimate of drug-likeness (QED) is 0.616. The summed E-state index contributed by atoms with van der Waals surface area (Å²) >= 11 is 0. The number of nitrogens with one attached hydrogen (secondary N) is 3. The minimum Gasteiger partial charge on any atom is -0.354 e. The summed E-state index contributed by atoms with van der Waals surface area (Å²) in [4.78, 5) is 11.0. The lowest BCUT2D eigenvalue weighted by atomic mass is 10.1. The summed E-state index contributed by atoms with van der Waals surface area (Å²) in [6.45, 7) is 8.08.